The van der Waals surface area contributed by atoms with Gasteiger partial charge in [-0.25, -0.2) is 13.2 Å². The molecule has 128 valence electrons. The van der Waals surface area contributed by atoms with Gasteiger partial charge >= 0.3 is 0 Å². The number of halogens is 3. The molecule has 0 bridgehead atoms. The second-order valence-electron chi connectivity index (χ2n) is 5.50. The Bertz CT molecular complexity index is 1040. The predicted molar refractivity (Wildman–Crippen MR) is 86.7 cm³/mol. The highest BCUT2D eigenvalue weighted by Crippen LogP contribution is 2.16. The Morgan fingerprint density at radius 3 is 2.56 bits per heavy atom. The van der Waals surface area contributed by atoms with Crippen LogP contribution >= 0.6 is 0 Å². The lowest BCUT2D eigenvalue weighted by molar-refractivity contribution is 0.0945. The molecule has 0 spiro atoms. The van der Waals surface area contributed by atoms with Gasteiger partial charge < -0.3 is 9.88 Å². The molecule has 2 aromatic carbocycles. The van der Waals surface area contributed by atoms with Gasteiger partial charge in [-0.1, -0.05) is 18.2 Å². The molecule has 0 aliphatic rings. The Kier molecular flexibility index (Phi) is 4.31. The molecule has 0 aliphatic heterocycles. The number of pyridine rings is 1. The number of nitrogens with one attached hydrogen (secondary N) is 1. The Morgan fingerprint density at radius 1 is 1.08 bits per heavy atom. The highest BCUT2D eigenvalue weighted by molar-refractivity contribution is 5.94. The van der Waals surface area contributed by atoms with Crippen molar-refractivity contribution < 1.29 is 18.0 Å². The minimum absolute atomic E-state index is 0.172. The van der Waals surface area contributed by atoms with Crippen LogP contribution in [0.5, 0.6) is 0 Å². The maximum Gasteiger partial charge on any atom is 0.255 e. The molecule has 0 saturated carbocycles. The molecule has 0 aliphatic carbocycles. The quantitative estimate of drug-likeness (QED) is 0.742. The summed E-state index contributed by atoms with van der Waals surface area (Å²) in [6.45, 7) is -0.172. The van der Waals surface area contributed by atoms with Crippen LogP contribution in [0.4, 0.5) is 13.2 Å². The van der Waals surface area contributed by atoms with Crippen molar-refractivity contribution in [1.29, 1.82) is 0 Å². The van der Waals surface area contributed by atoms with E-state index in [9.17, 15) is 22.8 Å². The number of benzene rings is 2. The first kappa shape index (κ1) is 16.8. The van der Waals surface area contributed by atoms with Crippen molar-refractivity contribution >= 4 is 16.8 Å². The second kappa shape index (κ2) is 6.43. The lowest BCUT2D eigenvalue weighted by Gasteiger charge is -2.10. The largest absolute Gasteiger partial charge is 0.348 e. The third-order valence-corrected chi connectivity index (χ3v) is 3.93. The van der Waals surface area contributed by atoms with Crippen LogP contribution < -0.4 is 10.9 Å². The summed E-state index contributed by atoms with van der Waals surface area (Å²) in [6, 6.07) is 10.4. The molecule has 0 saturated heterocycles. The molecule has 3 rings (SSSR count). The fourth-order valence-corrected chi connectivity index (χ4v) is 2.59. The number of rotatable bonds is 3. The van der Waals surface area contributed by atoms with Crippen molar-refractivity contribution in [2.75, 3.05) is 0 Å². The number of amides is 1. The average molecular weight is 346 g/mol. The van der Waals surface area contributed by atoms with Crippen LogP contribution in [-0.4, -0.2) is 10.5 Å². The molecule has 1 N–H and O–H groups in total. The van der Waals surface area contributed by atoms with E-state index in [2.05, 4.69) is 5.32 Å². The molecular formula is C18H13F3N2O2. The molecule has 0 radical (unpaired) electrons. The van der Waals surface area contributed by atoms with Crippen molar-refractivity contribution in [2.45, 2.75) is 6.54 Å². The van der Waals surface area contributed by atoms with Crippen molar-refractivity contribution in [1.82, 2.24) is 9.88 Å². The molecule has 0 atom stereocenters. The van der Waals surface area contributed by atoms with Crippen LogP contribution in [0.2, 0.25) is 0 Å². The number of para-hydroxylation sites is 1. The zero-order chi connectivity index (χ0) is 18.1. The predicted octanol–water partition coefficient (Wildman–Crippen LogP) is 2.89. The first-order valence-corrected chi connectivity index (χ1v) is 7.39. The monoisotopic (exact) mass is 346 g/mol. The first-order chi connectivity index (χ1) is 11.9. The van der Waals surface area contributed by atoms with Crippen molar-refractivity contribution in [3.8, 4) is 0 Å². The van der Waals surface area contributed by atoms with Crippen LogP contribution in [0.1, 0.15) is 15.9 Å². The molecular weight excluding hydrogens is 333 g/mol. The summed E-state index contributed by atoms with van der Waals surface area (Å²) in [6.07, 6.45) is 0. The minimum Gasteiger partial charge on any atom is -0.348 e. The standard InChI is InChI=1S/C18H13F3N2O2/c1-23-14-5-3-2-4-10(14)8-11(18(23)25)9-22-17(24)12-6-7-13(19)16(21)15(12)20/h2-8H,9H2,1H3,(H,22,24). The van der Waals surface area contributed by atoms with Gasteiger partial charge in [0.05, 0.1) is 11.1 Å². The third kappa shape index (κ3) is 3.00. The van der Waals surface area contributed by atoms with Crippen LogP contribution in [0.25, 0.3) is 10.9 Å². The average Bonchev–Trinajstić information content (AvgIpc) is 2.61. The van der Waals surface area contributed by atoms with E-state index in [0.29, 0.717) is 6.07 Å². The van der Waals surface area contributed by atoms with Gasteiger partial charge in [-0.05, 0) is 29.7 Å². The van der Waals surface area contributed by atoms with Crippen LogP contribution in [0.3, 0.4) is 0 Å². The zero-order valence-electron chi connectivity index (χ0n) is 13.1. The lowest BCUT2D eigenvalue weighted by Crippen LogP contribution is -2.30. The lowest BCUT2D eigenvalue weighted by atomic mass is 10.1. The fraction of sp³-hybridized carbons (Fsp3) is 0.111. The number of aromatic nitrogens is 1. The van der Waals surface area contributed by atoms with E-state index in [1.165, 1.54) is 4.57 Å². The Labute approximate surface area is 140 Å². The maximum absolute atomic E-state index is 13.6. The highest BCUT2D eigenvalue weighted by Gasteiger charge is 2.19. The van der Waals surface area contributed by atoms with Crippen LogP contribution in [0.15, 0.2) is 47.3 Å². The van der Waals surface area contributed by atoms with E-state index in [-0.39, 0.29) is 17.7 Å². The highest BCUT2D eigenvalue weighted by atomic mass is 19.2. The van der Waals surface area contributed by atoms with Crippen molar-refractivity contribution in [2.24, 2.45) is 7.05 Å². The fourth-order valence-electron chi connectivity index (χ4n) is 2.59. The van der Waals surface area contributed by atoms with Gasteiger partial charge in [-0.2, -0.15) is 0 Å². The molecule has 1 heterocycles. The molecule has 25 heavy (non-hydrogen) atoms. The van der Waals surface area contributed by atoms with Gasteiger partial charge in [0.2, 0.25) is 0 Å². The smallest absolute Gasteiger partial charge is 0.255 e. The SMILES string of the molecule is Cn1c(=O)c(CNC(=O)c2ccc(F)c(F)c2F)cc2ccccc21. The maximum atomic E-state index is 13.6. The summed E-state index contributed by atoms with van der Waals surface area (Å²) in [5, 5.41) is 3.15. The number of hydrogen-bond donors (Lipinski definition) is 1. The Morgan fingerprint density at radius 2 is 1.80 bits per heavy atom. The van der Waals surface area contributed by atoms with E-state index < -0.39 is 28.9 Å². The van der Waals surface area contributed by atoms with E-state index in [1.807, 2.05) is 12.1 Å². The van der Waals surface area contributed by atoms with Gasteiger partial charge in [0, 0.05) is 19.2 Å². The first-order valence-electron chi connectivity index (χ1n) is 7.39. The van der Waals surface area contributed by atoms with E-state index in [0.717, 1.165) is 17.0 Å². The van der Waals surface area contributed by atoms with Gasteiger partial charge in [0.15, 0.2) is 17.5 Å². The normalized spacial score (nSPS) is 10.9. The number of aryl methyl sites for hydroxylation is 1. The minimum atomic E-state index is -1.71. The van der Waals surface area contributed by atoms with E-state index >= 15 is 0 Å². The molecule has 1 aromatic heterocycles. The molecule has 0 unspecified atom stereocenters. The van der Waals surface area contributed by atoms with E-state index in [1.54, 1.807) is 25.2 Å². The Balaban J connectivity index is 1.88. The number of carbonyl (C=O) groups is 1. The zero-order valence-corrected chi connectivity index (χ0v) is 13.1. The van der Waals surface area contributed by atoms with Gasteiger partial charge in [-0.3, -0.25) is 9.59 Å². The van der Waals surface area contributed by atoms with Crippen LogP contribution in [-0.2, 0) is 13.6 Å². The Hall–Kier alpha value is -3.09. The number of fused-ring (bicyclic) bond motifs is 1. The van der Waals surface area contributed by atoms with Gasteiger partial charge in [-0.15, -0.1) is 0 Å². The summed E-state index contributed by atoms with van der Waals surface area (Å²) in [7, 11) is 1.60. The third-order valence-electron chi connectivity index (χ3n) is 3.93. The summed E-state index contributed by atoms with van der Waals surface area (Å²) in [5.74, 6) is -5.60. The summed E-state index contributed by atoms with van der Waals surface area (Å²) in [4.78, 5) is 24.3. The molecule has 0 fully saturated rings. The summed E-state index contributed by atoms with van der Waals surface area (Å²) >= 11 is 0. The summed E-state index contributed by atoms with van der Waals surface area (Å²) < 4.78 is 41.2. The van der Waals surface area contributed by atoms with Gasteiger partial charge in [0.1, 0.15) is 0 Å². The number of carbonyl (C=O) groups excluding carboxylic acids is 1. The van der Waals surface area contributed by atoms with Crippen molar-refractivity contribution in [3.63, 3.8) is 0 Å². The van der Waals surface area contributed by atoms with Gasteiger partial charge in [0.25, 0.3) is 11.5 Å². The topological polar surface area (TPSA) is 51.1 Å². The van der Waals surface area contributed by atoms with Crippen LogP contribution in [0, 0.1) is 17.5 Å². The van der Waals surface area contributed by atoms with E-state index in [4.69, 9.17) is 0 Å². The van der Waals surface area contributed by atoms with Crippen molar-refractivity contribution in [3.05, 3.63) is 81.4 Å². The molecule has 4 nitrogen and oxygen atoms in total. The molecule has 7 heteroatoms. The summed E-state index contributed by atoms with van der Waals surface area (Å²) in [5.41, 5.74) is 0.0769. The molecule has 3 aromatic rings. The molecule has 1 amide bonds. The number of hydrogen-bond acceptors (Lipinski definition) is 2. The second-order valence-corrected chi connectivity index (χ2v) is 5.50. The number of nitrogens with zero attached hydrogens (tertiary/aromatic N) is 1.